The summed E-state index contributed by atoms with van der Waals surface area (Å²) in [6.45, 7) is 3.78. The fourth-order valence-electron chi connectivity index (χ4n) is 1.92. The van der Waals surface area contributed by atoms with Crippen LogP contribution in [0, 0.1) is 13.8 Å². The Morgan fingerprint density at radius 2 is 1.75 bits per heavy atom. The largest absolute Gasteiger partial charge is 0.508 e. The van der Waals surface area contributed by atoms with Gasteiger partial charge in [-0.15, -0.1) is 0 Å². The molecular formula is C13H13NO2. The van der Waals surface area contributed by atoms with Crippen molar-refractivity contribution in [2.24, 2.45) is 0 Å². The highest BCUT2D eigenvalue weighted by Gasteiger charge is 2.06. The van der Waals surface area contributed by atoms with E-state index in [1.807, 2.05) is 26.0 Å². The van der Waals surface area contributed by atoms with E-state index in [9.17, 15) is 9.90 Å². The van der Waals surface area contributed by atoms with Crippen LogP contribution in [0.4, 0.5) is 0 Å². The number of benzene rings is 1. The van der Waals surface area contributed by atoms with Gasteiger partial charge in [0, 0.05) is 17.3 Å². The molecule has 1 heterocycles. The monoisotopic (exact) mass is 215 g/mol. The molecule has 16 heavy (non-hydrogen) atoms. The van der Waals surface area contributed by atoms with Gasteiger partial charge < -0.3 is 10.1 Å². The average molecular weight is 215 g/mol. The molecule has 1 aromatic heterocycles. The number of rotatable bonds is 1. The molecule has 1 aromatic carbocycles. The Morgan fingerprint density at radius 1 is 1.12 bits per heavy atom. The van der Waals surface area contributed by atoms with Crippen LogP contribution in [-0.2, 0) is 0 Å². The van der Waals surface area contributed by atoms with Gasteiger partial charge in [0.15, 0.2) is 0 Å². The Balaban J connectivity index is 2.64. The van der Waals surface area contributed by atoms with Crippen LogP contribution in [0.3, 0.4) is 0 Å². The van der Waals surface area contributed by atoms with Crippen LogP contribution in [0.25, 0.3) is 11.1 Å². The van der Waals surface area contributed by atoms with Crippen molar-refractivity contribution >= 4 is 0 Å². The van der Waals surface area contributed by atoms with Crippen molar-refractivity contribution in [2.75, 3.05) is 0 Å². The summed E-state index contributed by atoms with van der Waals surface area (Å²) in [7, 11) is 0. The first kappa shape index (κ1) is 10.5. The van der Waals surface area contributed by atoms with E-state index in [4.69, 9.17) is 0 Å². The van der Waals surface area contributed by atoms with E-state index in [0.29, 0.717) is 0 Å². The van der Waals surface area contributed by atoms with E-state index in [2.05, 4.69) is 4.98 Å². The molecule has 3 nitrogen and oxygen atoms in total. The van der Waals surface area contributed by atoms with E-state index in [1.165, 1.54) is 0 Å². The molecule has 0 amide bonds. The van der Waals surface area contributed by atoms with Crippen LogP contribution >= 0.6 is 0 Å². The van der Waals surface area contributed by atoms with Gasteiger partial charge in [-0.1, -0.05) is 12.1 Å². The van der Waals surface area contributed by atoms with Gasteiger partial charge >= 0.3 is 0 Å². The van der Waals surface area contributed by atoms with Crippen LogP contribution in [0.15, 0.2) is 35.1 Å². The van der Waals surface area contributed by atoms with E-state index >= 15 is 0 Å². The molecule has 2 rings (SSSR count). The molecule has 0 spiro atoms. The summed E-state index contributed by atoms with van der Waals surface area (Å²) in [6, 6.07) is 8.53. The second kappa shape index (κ2) is 3.85. The number of H-pyrrole nitrogens is 1. The topological polar surface area (TPSA) is 53.1 Å². The lowest BCUT2D eigenvalue weighted by Gasteiger charge is -2.09. The van der Waals surface area contributed by atoms with E-state index in [1.54, 1.807) is 18.2 Å². The number of pyridine rings is 1. The highest BCUT2D eigenvalue weighted by Crippen LogP contribution is 2.26. The second-order valence-corrected chi connectivity index (χ2v) is 3.86. The number of hydrogen-bond acceptors (Lipinski definition) is 2. The minimum absolute atomic E-state index is 0.0856. The molecule has 0 atom stereocenters. The molecule has 0 aliphatic rings. The first-order chi connectivity index (χ1) is 7.58. The Bertz CT molecular complexity index is 541. The lowest BCUT2D eigenvalue weighted by molar-refractivity contribution is 0.475. The Kier molecular flexibility index (Phi) is 2.52. The summed E-state index contributed by atoms with van der Waals surface area (Å²) in [5.41, 5.74) is 3.70. The zero-order chi connectivity index (χ0) is 11.7. The van der Waals surface area contributed by atoms with Crippen LogP contribution in [0.5, 0.6) is 5.75 Å². The van der Waals surface area contributed by atoms with Gasteiger partial charge in [-0.05, 0) is 37.1 Å². The maximum absolute atomic E-state index is 11.3. The van der Waals surface area contributed by atoms with Crippen LogP contribution in [0.2, 0.25) is 0 Å². The number of aromatic hydroxyl groups is 1. The number of phenols is 1. The van der Waals surface area contributed by atoms with Gasteiger partial charge in [0.25, 0.3) is 0 Å². The van der Waals surface area contributed by atoms with Crippen LogP contribution in [0.1, 0.15) is 11.3 Å². The summed E-state index contributed by atoms with van der Waals surface area (Å²) in [6.07, 6.45) is 0. The third-order valence-corrected chi connectivity index (χ3v) is 2.58. The summed E-state index contributed by atoms with van der Waals surface area (Å²) in [4.78, 5) is 14.0. The maximum atomic E-state index is 11.3. The third kappa shape index (κ3) is 1.84. The highest BCUT2D eigenvalue weighted by atomic mass is 16.3. The Morgan fingerprint density at radius 3 is 2.31 bits per heavy atom. The normalized spacial score (nSPS) is 10.4. The number of nitrogens with one attached hydrogen (secondary N) is 1. The molecule has 3 heteroatoms. The van der Waals surface area contributed by atoms with E-state index in [0.717, 1.165) is 22.4 Å². The Hall–Kier alpha value is -2.03. The first-order valence-electron chi connectivity index (χ1n) is 5.08. The minimum Gasteiger partial charge on any atom is -0.508 e. The fourth-order valence-corrected chi connectivity index (χ4v) is 1.92. The van der Waals surface area contributed by atoms with E-state index in [-0.39, 0.29) is 11.3 Å². The molecule has 82 valence electrons. The van der Waals surface area contributed by atoms with Crippen LogP contribution in [-0.4, -0.2) is 10.1 Å². The van der Waals surface area contributed by atoms with Crippen molar-refractivity contribution in [2.45, 2.75) is 13.8 Å². The van der Waals surface area contributed by atoms with Crippen molar-refractivity contribution in [1.29, 1.82) is 0 Å². The quantitative estimate of drug-likeness (QED) is 0.767. The SMILES string of the molecule is Cc1cc(=O)[nH]c(C)c1-c1ccc(O)cc1. The Labute approximate surface area is 93.4 Å². The number of aromatic nitrogens is 1. The van der Waals surface area contributed by atoms with Gasteiger partial charge in [-0.3, -0.25) is 4.79 Å². The summed E-state index contributed by atoms with van der Waals surface area (Å²) < 4.78 is 0. The van der Waals surface area contributed by atoms with Gasteiger partial charge in [0.05, 0.1) is 0 Å². The number of hydrogen-bond donors (Lipinski definition) is 2. The van der Waals surface area contributed by atoms with Crippen molar-refractivity contribution in [1.82, 2.24) is 4.98 Å². The lowest BCUT2D eigenvalue weighted by Crippen LogP contribution is -2.08. The van der Waals surface area contributed by atoms with Gasteiger partial charge in [-0.2, -0.15) is 0 Å². The molecular weight excluding hydrogens is 202 g/mol. The van der Waals surface area contributed by atoms with E-state index < -0.39 is 0 Å². The average Bonchev–Trinajstić information content (AvgIpc) is 2.19. The third-order valence-electron chi connectivity index (χ3n) is 2.58. The zero-order valence-corrected chi connectivity index (χ0v) is 9.24. The van der Waals surface area contributed by atoms with Crippen molar-refractivity contribution in [3.05, 3.63) is 51.9 Å². The molecule has 0 bridgehead atoms. The fraction of sp³-hybridized carbons (Fsp3) is 0.154. The molecule has 0 fully saturated rings. The summed E-state index contributed by atoms with van der Waals surface area (Å²) >= 11 is 0. The smallest absolute Gasteiger partial charge is 0.248 e. The molecule has 0 saturated heterocycles. The molecule has 0 saturated carbocycles. The predicted octanol–water partition coefficient (Wildman–Crippen LogP) is 2.36. The summed E-state index contributed by atoms with van der Waals surface area (Å²) in [5.74, 6) is 0.239. The van der Waals surface area contributed by atoms with Gasteiger partial charge in [0.2, 0.25) is 5.56 Å². The lowest BCUT2D eigenvalue weighted by atomic mass is 10.00. The number of aromatic amines is 1. The predicted molar refractivity (Wildman–Crippen MR) is 63.6 cm³/mol. The molecule has 2 N–H and O–H groups in total. The maximum Gasteiger partial charge on any atom is 0.248 e. The molecule has 0 unspecified atom stereocenters. The van der Waals surface area contributed by atoms with Crippen LogP contribution < -0.4 is 5.56 Å². The molecule has 0 aliphatic carbocycles. The molecule has 2 aromatic rings. The zero-order valence-electron chi connectivity index (χ0n) is 9.24. The summed E-state index contributed by atoms with van der Waals surface area (Å²) in [5, 5.41) is 9.23. The number of phenolic OH excluding ortho intramolecular Hbond substituents is 1. The van der Waals surface area contributed by atoms with Crippen molar-refractivity contribution < 1.29 is 5.11 Å². The molecule has 0 radical (unpaired) electrons. The van der Waals surface area contributed by atoms with Gasteiger partial charge in [0.1, 0.15) is 5.75 Å². The minimum atomic E-state index is -0.0856. The number of aryl methyl sites for hydroxylation is 2. The van der Waals surface area contributed by atoms with Gasteiger partial charge in [-0.25, -0.2) is 0 Å². The standard InChI is InChI=1S/C13H13NO2/c1-8-7-12(16)14-9(2)13(8)10-3-5-11(15)6-4-10/h3-7,15H,1-2H3,(H,14,16). The van der Waals surface area contributed by atoms with Crippen molar-refractivity contribution in [3.63, 3.8) is 0 Å². The first-order valence-corrected chi connectivity index (χ1v) is 5.08. The highest BCUT2D eigenvalue weighted by molar-refractivity contribution is 5.69. The van der Waals surface area contributed by atoms with Crippen molar-refractivity contribution in [3.8, 4) is 16.9 Å². The molecule has 0 aliphatic heterocycles. The second-order valence-electron chi connectivity index (χ2n) is 3.86.